The maximum atomic E-state index is 10.4. The molecule has 29 heavy (non-hydrogen) atoms. The molecule has 7 nitrogen and oxygen atoms in total. The zero-order chi connectivity index (χ0) is 20.9. The van der Waals surface area contributed by atoms with Crippen molar-refractivity contribution in [2.24, 2.45) is 0 Å². The van der Waals surface area contributed by atoms with Crippen LogP contribution in [0, 0.1) is 0 Å². The van der Waals surface area contributed by atoms with E-state index in [1.807, 2.05) is 48.5 Å². The van der Waals surface area contributed by atoms with E-state index in [-0.39, 0.29) is 12.0 Å². The van der Waals surface area contributed by atoms with E-state index >= 15 is 0 Å². The van der Waals surface area contributed by atoms with Crippen molar-refractivity contribution < 1.29 is 14.6 Å². The molecular weight excluding hydrogens is 388 g/mol. The number of aliphatic hydroxyl groups excluding tert-OH is 1. The number of tetrazole rings is 1. The number of ether oxygens (including phenoxy) is 2. The van der Waals surface area contributed by atoms with E-state index < -0.39 is 6.10 Å². The number of benzene rings is 2. The number of methoxy groups -OCH3 is 1. The maximum absolute atomic E-state index is 10.4. The second-order valence-electron chi connectivity index (χ2n) is 7.60. The Labute approximate surface area is 175 Å². The second kappa shape index (κ2) is 9.28. The molecule has 1 N–H and O–H groups in total. The lowest BCUT2D eigenvalue weighted by molar-refractivity contribution is 0.125. The van der Waals surface area contributed by atoms with Gasteiger partial charge in [-0.2, -0.15) is 4.68 Å². The summed E-state index contributed by atoms with van der Waals surface area (Å²) in [7, 11) is 1.65. The summed E-state index contributed by atoms with van der Waals surface area (Å²) in [6.07, 6.45) is -0.671. The molecule has 0 fully saturated rings. The zero-order valence-electron chi connectivity index (χ0n) is 17.1. The Kier molecular flexibility index (Phi) is 6.76. The first-order valence-electron chi connectivity index (χ1n) is 9.34. The van der Waals surface area contributed by atoms with Crippen molar-refractivity contribution in [1.82, 2.24) is 20.2 Å². The van der Waals surface area contributed by atoms with Crippen LogP contribution in [-0.2, 0) is 5.41 Å². The van der Waals surface area contributed by atoms with Gasteiger partial charge in [-0.15, -0.1) is 5.10 Å². The molecule has 0 saturated carbocycles. The van der Waals surface area contributed by atoms with E-state index in [9.17, 15) is 5.11 Å². The summed E-state index contributed by atoms with van der Waals surface area (Å²) in [6, 6.07) is 15.4. The van der Waals surface area contributed by atoms with Gasteiger partial charge < -0.3 is 14.6 Å². The minimum atomic E-state index is -0.671. The summed E-state index contributed by atoms with van der Waals surface area (Å²) < 4.78 is 12.9. The molecule has 0 amide bonds. The highest BCUT2D eigenvalue weighted by molar-refractivity contribution is 7.99. The first-order valence-corrected chi connectivity index (χ1v) is 10.3. The topological polar surface area (TPSA) is 82.3 Å². The molecule has 1 heterocycles. The smallest absolute Gasteiger partial charge is 0.214 e. The number of aliphatic hydroxyl groups is 1. The Morgan fingerprint density at radius 2 is 1.90 bits per heavy atom. The van der Waals surface area contributed by atoms with Gasteiger partial charge in [-0.25, -0.2) is 0 Å². The molecule has 0 aliphatic carbocycles. The second-order valence-corrected chi connectivity index (χ2v) is 8.58. The van der Waals surface area contributed by atoms with Crippen LogP contribution in [0.15, 0.2) is 53.7 Å². The van der Waals surface area contributed by atoms with E-state index in [1.165, 1.54) is 11.8 Å². The molecule has 3 aromatic rings. The summed E-state index contributed by atoms with van der Waals surface area (Å²) in [5.41, 5.74) is 1.80. The average molecular weight is 415 g/mol. The van der Waals surface area contributed by atoms with Gasteiger partial charge >= 0.3 is 0 Å². The highest BCUT2D eigenvalue weighted by Crippen LogP contribution is 2.34. The third kappa shape index (κ3) is 5.48. The van der Waals surface area contributed by atoms with Crippen LogP contribution in [-0.4, -0.2) is 50.9 Å². The monoisotopic (exact) mass is 414 g/mol. The fraction of sp³-hybridized carbons (Fsp3) is 0.381. The van der Waals surface area contributed by atoms with Crippen LogP contribution in [0.4, 0.5) is 0 Å². The Morgan fingerprint density at radius 1 is 1.14 bits per heavy atom. The standard InChI is InChI=1S/C21H26N4O3S/c1-21(2,3)18-12-17(27-4)10-11-19(18)28-13-16(26)14-29-20-22-23-24-25(20)15-8-6-5-7-9-15/h5-12,16,26H,13-14H2,1-4H3/t16-/m1/s1. The number of nitrogens with zero attached hydrogens (tertiary/aromatic N) is 4. The molecule has 0 aliphatic heterocycles. The van der Waals surface area contributed by atoms with Crippen LogP contribution in [0.5, 0.6) is 11.5 Å². The first kappa shape index (κ1) is 21.1. The SMILES string of the molecule is COc1ccc(OC[C@@H](O)CSc2nnnn2-c2ccccc2)c(C(C)(C)C)c1. The number of hydrogen-bond donors (Lipinski definition) is 1. The molecule has 0 bridgehead atoms. The van der Waals surface area contributed by atoms with Crippen LogP contribution in [0.1, 0.15) is 26.3 Å². The summed E-state index contributed by atoms with van der Waals surface area (Å²) in [5, 5.41) is 22.8. The van der Waals surface area contributed by atoms with Crippen LogP contribution < -0.4 is 9.47 Å². The Bertz CT molecular complexity index is 925. The van der Waals surface area contributed by atoms with Gasteiger partial charge in [-0.1, -0.05) is 50.7 Å². The summed E-state index contributed by atoms with van der Waals surface area (Å²) >= 11 is 1.38. The quantitative estimate of drug-likeness (QED) is 0.565. The summed E-state index contributed by atoms with van der Waals surface area (Å²) in [5.74, 6) is 1.94. The minimum Gasteiger partial charge on any atom is -0.497 e. The summed E-state index contributed by atoms with van der Waals surface area (Å²) in [6.45, 7) is 6.52. The van der Waals surface area contributed by atoms with Crippen molar-refractivity contribution >= 4 is 11.8 Å². The Morgan fingerprint density at radius 3 is 2.59 bits per heavy atom. The highest BCUT2D eigenvalue weighted by atomic mass is 32.2. The molecule has 8 heteroatoms. The molecular formula is C21H26N4O3S. The van der Waals surface area contributed by atoms with Gasteiger partial charge in [0, 0.05) is 11.3 Å². The van der Waals surface area contributed by atoms with E-state index in [4.69, 9.17) is 9.47 Å². The molecule has 2 aromatic carbocycles. The summed E-state index contributed by atoms with van der Waals surface area (Å²) in [4.78, 5) is 0. The van der Waals surface area contributed by atoms with Gasteiger partial charge in [0.2, 0.25) is 5.16 Å². The lowest BCUT2D eigenvalue weighted by Crippen LogP contribution is -2.22. The van der Waals surface area contributed by atoms with Crippen molar-refractivity contribution in [3.05, 3.63) is 54.1 Å². The third-order valence-corrected chi connectivity index (χ3v) is 5.34. The minimum absolute atomic E-state index is 0.110. The van der Waals surface area contributed by atoms with Gasteiger partial charge in [-0.3, -0.25) is 0 Å². The fourth-order valence-electron chi connectivity index (χ4n) is 2.75. The van der Waals surface area contributed by atoms with Gasteiger partial charge in [0.05, 0.1) is 18.9 Å². The molecule has 0 unspecified atom stereocenters. The van der Waals surface area contributed by atoms with Crippen LogP contribution in [0.3, 0.4) is 0 Å². The van der Waals surface area contributed by atoms with Crippen molar-refractivity contribution in [1.29, 1.82) is 0 Å². The predicted octanol–water partition coefficient (Wildman–Crippen LogP) is 3.50. The number of hydrogen-bond acceptors (Lipinski definition) is 7. The number of rotatable bonds is 8. The third-order valence-electron chi connectivity index (χ3n) is 4.27. The van der Waals surface area contributed by atoms with Gasteiger partial charge in [0.25, 0.3) is 0 Å². The molecule has 0 spiro atoms. The van der Waals surface area contributed by atoms with Crippen molar-refractivity contribution in [2.45, 2.75) is 37.4 Å². The molecule has 0 saturated heterocycles. The number of aromatic nitrogens is 4. The van der Waals surface area contributed by atoms with Crippen molar-refractivity contribution in [2.75, 3.05) is 19.5 Å². The first-order chi connectivity index (χ1) is 13.9. The normalized spacial score (nSPS) is 12.6. The Hall–Kier alpha value is -2.58. The molecule has 3 rings (SSSR count). The van der Waals surface area contributed by atoms with Gasteiger partial charge in [-0.05, 0) is 46.2 Å². The lowest BCUT2D eigenvalue weighted by Gasteiger charge is -2.24. The van der Waals surface area contributed by atoms with Crippen LogP contribution in [0.25, 0.3) is 5.69 Å². The molecule has 0 radical (unpaired) electrons. The number of thioether (sulfide) groups is 1. The molecule has 1 atom stereocenters. The van der Waals surface area contributed by atoms with Crippen molar-refractivity contribution in [3.8, 4) is 17.2 Å². The zero-order valence-corrected chi connectivity index (χ0v) is 17.9. The Balaban J connectivity index is 1.61. The van der Waals surface area contributed by atoms with E-state index in [1.54, 1.807) is 11.8 Å². The van der Waals surface area contributed by atoms with Crippen LogP contribution >= 0.6 is 11.8 Å². The van der Waals surface area contributed by atoms with E-state index in [2.05, 4.69) is 36.3 Å². The van der Waals surface area contributed by atoms with Gasteiger partial charge in [0.15, 0.2) is 0 Å². The predicted molar refractivity (Wildman–Crippen MR) is 113 cm³/mol. The number of para-hydroxylation sites is 1. The largest absolute Gasteiger partial charge is 0.497 e. The maximum Gasteiger partial charge on any atom is 0.214 e. The van der Waals surface area contributed by atoms with Crippen molar-refractivity contribution in [3.63, 3.8) is 0 Å². The van der Waals surface area contributed by atoms with E-state index in [0.717, 1.165) is 22.7 Å². The highest BCUT2D eigenvalue weighted by Gasteiger charge is 2.21. The molecule has 1 aromatic heterocycles. The fourth-order valence-corrected chi connectivity index (χ4v) is 3.55. The molecule has 154 valence electrons. The van der Waals surface area contributed by atoms with Gasteiger partial charge in [0.1, 0.15) is 18.1 Å². The van der Waals surface area contributed by atoms with Crippen LogP contribution in [0.2, 0.25) is 0 Å². The average Bonchev–Trinajstić information content (AvgIpc) is 3.19. The molecule has 0 aliphatic rings. The van der Waals surface area contributed by atoms with E-state index in [0.29, 0.717) is 10.9 Å². The lowest BCUT2D eigenvalue weighted by atomic mass is 9.86.